The number of pyridine rings is 1. The average molecular weight is 342 g/mol. The Kier molecular flexibility index (Phi) is 5.67. The normalized spacial score (nSPS) is 11.2. The summed E-state index contributed by atoms with van der Waals surface area (Å²) < 4.78 is 29.6. The van der Waals surface area contributed by atoms with Crippen molar-refractivity contribution in [1.82, 2.24) is 10.1 Å². The molecule has 122 valence electrons. The first-order valence-electron chi connectivity index (χ1n) is 6.45. The van der Waals surface area contributed by atoms with E-state index in [9.17, 15) is 8.78 Å². The van der Waals surface area contributed by atoms with Crippen molar-refractivity contribution in [3.05, 3.63) is 47.1 Å². The maximum atomic E-state index is 12.6. The zero-order valence-corrected chi connectivity index (χ0v) is 12.6. The molecule has 2 aromatic rings. The molecule has 0 radical (unpaired) electrons. The van der Waals surface area contributed by atoms with Crippen LogP contribution in [0.4, 0.5) is 8.78 Å². The Morgan fingerprint density at radius 1 is 1.39 bits per heavy atom. The molecule has 0 fully saturated rings. The van der Waals surface area contributed by atoms with Gasteiger partial charge in [0.05, 0.1) is 6.54 Å². The molecule has 2 rings (SSSR count). The SMILES string of the molecule is N/C=N\N(N)Cc1cnc(OC(F)F)c(-c2cccc(Cl)c2)c1. The van der Waals surface area contributed by atoms with Crippen molar-refractivity contribution in [2.75, 3.05) is 0 Å². The van der Waals surface area contributed by atoms with Crippen molar-refractivity contribution >= 4 is 17.9 Å². The zero-order valence-electron chi connectivity index (χ0n) is 11.9. The first-order chi connectivity index (χ1) is 11.0. The molecule has 0 atom stereocenters. The molecule has 4 N–H and O–H groups in total. The smallest absolute Gasteiger partial charge is 0.388 e. The monoisotopic (exact) mass is 341 g/mol. The number of benzene rings is 1. The van der Waals surface area contributed by atoms with E-state index in [1.54, 1.807) is 30.3 Å². The molecule has 1 heterocycles. The number of hydrogen-bond acceptors (Lipinski definition) is 5. The maximum Gasteiger partial charge on any atom is 0.388 e. The van der Waals surface area contributed by atoms with Crippen molar-refractivity contribution in [3.8, 4) is 17.0 Å². The van der Waals surface area contributed by atoms with Gasteiger partial charge in [-0.1, -0.05) is 23.7 Å². The highest BCUT2D eigenvalue weighted by atomic mass is 35.5. The molecular weight excluding hydrogens is 328 g/mol. The second kappa shape index (κ2) is 7.70. The van der Waals surface area contributed by atoms with Crippen LogP contribution in [0, 0.1) is 0 Å². The van der Waals surface area contributed by atoms with E-state index in [0.29, 0.717) is 21.7 Å². The number of rotatable bonds is 6. The van der Waals surface area contributed by atoms with Gasteiger partial charge in [-0.15, -0.1) is 0 Å². The summed E-state index contributed by atoms with van der Waals surface area (Å²) in [5.41, 5.74) is 6.75. The summed E-state index contributed by atoms with van der Waals surface area (Å²) in [4.78, 5) is 3.93. The minimum atomic E-state index is -2.99. The van der Waals surface area contributed by atoms with Gasteiger partial charge in [-0.2, -0.15) is 13.9 Å². The number of nitrogens with two attached hydrogens (primary N) is 2. The largest absolute Gasteiger partial charge is 0.416 e. The van der Waals surface area contributed by atoms with Crippen LogP contribution in [-0.4, -0.2) is 23.1 Å². The van der Waals surface area contributed by atoms with Gasteiger partial charge in [-0.3, -0.25) is 0 Å². The summed E-state index contributed by atoms with van der Waals surface area (Å²) in [6, 6.07) is 8.34. The van der Waals surface area contributed by atoms with E-state index in [0.717, 1.165) is 11.5 Å². The van der Waals surface area contributed by atoms with Crippen molar-refractivity contribution in [1.29, 1.82) is 0 Å². The van der Waals surface area contributed by atoms with Crippen LogP contribution in [0.25, 0.3) is 11.1 Å². The molecule has 1 aromatic carbocycles. The fraction of sp³-hybridized carbons (Fsp3) is 0.143. The summed E-state index contributed by atoms with van der Waals surface area (Å²) in [6.45, 7) is -2.80. The fourth-order valence-corrected chi connectivity index (χ4v) is 2.13. The van der Waals surface area contributed by atoms with Crippen LogP contribution in [0.2, 0.25) is 5.02 Å². The summed E-state index contributed by atoms with van der Waals surface area (Å²) in [7, 11) is 0. The van der Waals surface area contributed by atoms with Crippen LogP contribution in [0.5, 0.6) is 5.88 Å². The standard InChI is InChI=1S/C14H14ClF2N5O/c15-11-3-1-2-10(5-11)12-4-9(7-22(19)21-8-18)6-20-13(12)23-14(16)17/h1-6,8,14H,7,19H2,(H2,18,21). The van der Waals surface area contributed by atoms with Crippen LogP contribution in [-0.2, 0) is 6.54 Å². The Bertz CT molecular complexity index is 699. The molecule has 6 nitrogen and oxygen atoms in total. The third-order valence-electron chi connectivity index (χ3n) is 2.80. The predicted octanol–water partition coefficient (Wildman–Crippen LogP) is 2.58. The lowest BCUT2D eigenvalue weighted by atomic mass is 10.1. The van der Waals surface area contributed by atoms with E-state index in [1.807, 2.05) is 0 Å². The van der Waals surface area contributed by atoms with E-state index in [4.69, 9.17) is 23.2 Å². The molecule has 0 spiro atoms. The van der Waals surface area contributed by atoms with E-state index in [2.05, 4.69) is 14.8 Å². The highest BCUT2D eigenvalue weighted by molar-refractivity contribution is 6.30. The van der Waals surface area contributed by atoms with Crippen LogP contribution in [0.1, 0.15) is 5.56 Å². The Balaban J connectivity index is 2.42. The molecule has 0 bridgehead atoms. The van der Waals surface area contributed by atoms with Gasteiger partial charge in [0.1, 0.15) is 6.34 Å². The highest BCUT2D eigenvalue weighted by Crippen LogP contribution is 2.31. The number of hydrazone groups is 1. The Labute approximate surface area is 136 Å². The van der Waals surface area contributed by atoms with Crippen LogP contribution in [0.3, 0.4) is 0 Å². The third kappa shape index (κ3) is 4.76. The number of aromatic nitrogens is 1. The molecule has 1 aromatic heterocycles. The third-order valence-corrected chi connectivity index (χ3v) is 3.04. The quantitative estimate of drug-likeness (QED) is 0.365. The van der Waals surface area contributed by atoms with Crippen molar-refractivity contribution in [2.24, 2.45) is 16.7 Å². The van der Waals surface area contributed by atoms with Crippen molar-refractivity contribution < 1.29 is 13.5 Å². The number of halogens is 3. The molecule has 9 heteroatoms. The molecular formula is C14H14ClF2N5O. The van der Waals surface area contributed by atoms with E-state index >= 15 is 0 Å². The first kappa shape index (κ1) is 16.9. The molecule has 0 amide bonds. The second-order valence-corrected chi connectivity index (χ2v) is 4.88. The molecule has 0 unspecified atom stereocenters. The van der Waals surface area contributed by atoms with Gasteiger partial charge in [0.15, 0.2) is 0 Å². The minimum absolute atomic E-state index is 0.184. The first-order valence-corrected chi connectivity index (χ1v) is 6.83. The molecule has 0 aliphatic heterocycles. The van der Waals surface area contributed by atoms with Crippen LogP contribution >= 0.6 is 11.6 Å². The Morgan fingerprint density at radius 2 is 2.17 bits per heavy atom. The molecule has 0 saturated heterocycles. The molecule has 0 aliphatic rings. The van der Waals surface area contributed by atoms with E-state index in [-0.39, 0.29) is 12.4 Å². The van der Waals surface area contributed by atoms with Gasteiger partial charge in [0.25, 0.3) is 0 Å². The molecule has 0 saturated carbocycles. The predicted molar refractivity (Wildman–Crippen MR) is 83.7 cm³/mol. The number of hydrazine groups is 1. The average Bonchev–Trinajstić information content (AvgIpc) is 2.48. The topological polar surface area (TPSA) is 89.8 Å². The Morgan fingerprint density at radius 3 is 2.83 bits per heavy atom. The summed E-state index contributed by atoms with van der Waals surface area (Å²) >= 11 is 5.95. The maximum absolute atomic E-state index is 12.6. The van der Waals surface area contributed by atoms with Gasteiger partial charge in [-0.05, 0) is 29.3 Å². The molecule has 23 heavy (non-hydrogen) atoms. The summed E-state index contributed by atoms with van der Waals surface area (Å²) in [6.07, 6.45) is 2.41. The zero-order chi connectivity index (χ0) is 16.8. The van der Waals surface area contributed by atoms with Gasteiger partial charge in [0.2, 0.25) is 5.88 Å². The number of hydrogen-bond donors (Lipinski definition) is 2. The van der Waals surface area contributed by atoms with Crippen LogP contribution in [0.15, 0.2) is 41.6 Å². The number of nitrogens with zero attached hydrogens (tertiary/aromatic N) is 3. The van der Waals surface area contributed by atoms with Crippen LogP contribution < -0.4 is 16.3 Å². The lowest BCUT2D eigenvalue weighted by Gasteiger charge is -2.15. The minimum Gasteiger partial charge on any atom is -0.416 e. The Hall–Kier alpha value is -2.45. The van der Waals surface area contributed by atoms with Crippen molar-refractivity contribution in [2.45, 2.75) is 13.2 Å². The summed E-state index contributed by atoms with van der Waals surface area (Å²) in [5.74, 6) is 5.41. The lowest BCUT2D eigenvalue weighted by molar-refractivity contribution is -0.0524. The van der Waals surface area contributed by atoms with Gasteiger partial charge < -0.3 is 10.5 Å². The summed E-state index contributed by atoms with van der Waals surface area (Å²) in [5, 5.41) is 5.22. The van der Waals surface area contributed by atoms with Crippen molar-refractivity contribution in [3.63, 3.8) is 0 Å². The number of ether oxygens (including phenoxy) is 1. The molecule has 0 aliphatic carbocycles. The van der Waals surface area contributed by atoms with E-state index < -0.39 is 6.61 Å². The fourth-order valence-electron chi connectivity index (χ4n) is 1.94. The van der Waals surface area contributed by atoms with Gasteiger partial charge >= 0.3 is 6.61 Å². The number of alkyl halides is 2. The lowest BCUT2D eigenvalue weighted by Crippen LogP contribution is -2.25. The van der Waals surface area contributed by atoms with Gasteiger partial charge in [0, 0.05) is 16.8 Å². The van der Waals surface area contributed by atoms with Gasteiger partial charge in [-0.25, -0.2) is 15.9 Å². The van der Waals surface area contributed by atoms with E-state index in [1.165, 1.54) is 6.20 Å². The second-order valence-electron chi connectivity index (χ2n) is 4.45. The highest BCUT2D eigenvalue weighted by Gasteiger charge is 2.14.